The van der Waals surface area contributed by atoms with Crippen LogP contribution in [0.5, 0.6) is 0 Å². The van der Waals surface area contributed by atoms with Crippen LogP contribution >= 0.6 is 15.9 Å². The van der Waals surface area contributed by atoms with E-state index in [1.54, 1.807) is 0 Å². The molecule has 0 fully saturated rings. The summed E-state index contributed by atoms with van der Waals surface area (Å²) in [6, 6.07) is 73.1. The Morgan fingerprint density at radius 3 is 1.75 bits per heavy atom. The normalized spacial score (nSPS) is 12.2. The van der Waals surface area contributed by atoms with E-state index in [0.717, 1.165) is 4.47 Å². The Hall–Kier alpha value is -6.22. The van der Waals surface area contributed by atoms with Crippen molar-refractivity contribution in [3.05, 3.63) is 221 Å². The van der Waals surface area contributed by atoms with Crippen molar-refractivity contribution in [2.45, 2.75) is 5.92 Å². The second-order valence-corrected chi connectivity index (χ2v) is 14.8. The monoisotopic (exact) mass is 739 g/mol. The molecule has 0 spiro atoms. The zero-order valence-electron chi connectivity index (χ0n) is 29.0. The van der Waals surface area contributed by atoms with Gasteiger partial charge in [-0.3, -0.25) is 0 Å². The number of hydrogen-bond donors (Lipinski definition) is 0. The summed E-state index contributed by atoms with van der Waals surface area (Å²) in [5, 5.41) is 7.57. The first-order valence-corrected chi connectivity index (χ1v) is 18.9. The maximum atomic E-state index is 3.88. The third-order valence-corrected chi connectivity index (χ3v) is 11.2. The van der Waals surface area contributed by atoms with Gasteiger partial charge in [-0.2, -0.15) is 0 Å². The van der Waals surface area contributed by atoms with Gasteiger partial charge in [-0.15, -0.1) is 0 Å². The summed E-state index contributed by atoms with van der Waals surface area (Å²) in [6.45, 7) is 0. The minimum absolute atomic E-state index is 0.122. The van der Waals surface area contributed by atoms with Crippen molar-refractivity contribution in [2.75, 3.05) is 0 Å². The van der Waals surface area contributed by atoms with E-state index in [-0.39, 0.29) is 5.92 Å². The highest BCUT2D eigenvalue weighted by molar-refractivity contribution is 9.10. The van der Waals surface area contributed by atoms with Gasteiger partial charge >= 0.3 is 0 Å². The molecule has 0 aliphatic rings. The third-order valence-electron chi connectivity index (χ3n) is 10.7. The topological polar surface area (TPSA) is 4.93 Å². The van der Waals surface area contributed by atoms with Crippen LogP contribution in [-0.2, 0) is 0 Å². The Labute approximate surface area is 317 Å². The molecule has 10 aromatic rings. The number of hydrogen-bond acceptors (Lipinski definition) is 0. The molecule has 0 amide bonds. The van der Waals surface area contributed by atoms with Crippen LogP contribution in [-0.4, -0.2) is 4.57 Å². The molecule has 0 saturated carbocycles. The molecule has 0 N–H and O–H groups in total. The first-order chi connectivity index (χ1) is 26.2. The fourth-order valence-electron chi connectivity index (χ4n) is 8.30. The number of benzene rings is 9. The van der Waals surface area contributed by atoms with Crippen LogP contribution in [0.25, 0.3) is 71.3 Å². The molecule has 9 aromatic carbocycles. The second kappa shape index (κ2) is 13.1. The molecule has 1 atom stereocenters. The first kappa shape index (κ1) is 31.5. The van der Waals surface area contributed by atoms with Crippen molar-refractivity contribution in [1.82, 2.24) is 4.57 Å². The van der Waals surface area contributed by atoms with Gasteiger partial charge in [0, 0.05) is 32.2 Å². The lowest BCUT2D eigenvalue weighted by atomic mass is 9.82. The van der Waals surface area contributed by atoms with E-state index in [4.69, 9.17) is 0 Å². The van der Waals surface area contributed by atoms with E-state index in [1.165, 1.54) is 88.0 Å². The molecule has 1 nitrogen and oxygen atoms in total. The van der Waals surface area contributed by atoms with Gasteiger partial charge in [0.15, 0.2) is 0 Å². The van der Waals surface area contributed by atoms with Crippen LogP contribution in [0.2, 0.25) is 0 Å². The standard InChI is InChI=1S/C51H34BrN/c52-42-31-40(34-22-24-38(25-23-34)50(37-14-3-1-4-15-37)46-21-11-16-35-12-7-9-19-44(35)46)30-41(32-42)39-27-29-49-48(33-39)47-28-26-36-13-8-10-20-45(36)51(47)53(49)43-17-5-2-6-18-43/h1-33,50H. The SMILES string of the molecule is Brc1cc(-c2ccc(C(c3ccccc3)c3cccc4ccccc34)cc2)cc(-c2ccc3c(c2)c2ccc4ccccc4c2n3-c2ccccc2)c1. The molecule has 0 saturated heterocycles. The number of para-hydroxylation sites is 1. The highest BCUT2D eigenvalue weighted by atomic mass is 79.9. The second-order valence-electron chi connectivity index (χ2n) is 13.8. The molecule has 250 valence electrons. The fraction of sp³-hybridized carbons (Fsp3) is 0.0196. The van der Waals surface area contributed by atoms with Gasteiger partial charge < -0.3 is 4.57 Å². The van der Waals surface area contributed by atoms with Crippen LogP contribution in [0.1, 0.15) is 22.6 Å². The first-order valence-electron chi connectivity index (χ1n) is 18.1. The van der Waals surface area contributed by atoms with Crippen LogP contribution < -0.4 is 0 Å². The summed E-state index contributed by atoms with van der Waals surface area (Å²) in [5.74, 6) is 0.122. The molecule has 0 radical (unpaired) electrons. The number of aromatic nitrogens is 1. The van der Waals surface area contributed by atoms with Crippen molar-refractivity contribution in [1.29, 1.82) is 0 Å². The molecular weight excluding hydrogens is 706 g/mol. The summed E-state index contributed by atoms with van der Waals surface area (Å²) in [7, 11) is 0. The van der Waals surface area contributed by atoms with Gasteiger partial charge in [-0.1, -0.05) is 174 Å². The van der Waals surface area contributed by atoms with E-state index in [9.17, 15) is 0 Å². The summed E-state index contributed by atoms with van der Waals surface area (Å²) in [6.07, 6.45) is 0. The van der Waals surface area contributed by atoms with Gasteiger partial charge in [0.05, 0.1) is 11.0 Å². The lowest BCUT2D eigenvalue weighted by Crippen LogP contribution is -2.04. The van der Waals surface area contributed by atoms with Gasteiger partial charge in [0.25, 0.3) is 0 Å². The molecule has 1 unspecified atom stereocenters. The minimum atomic E-state index is 0.122. The molecule has 1 aromatic heterocycles. The van der Waals surface area contributed by atoms with Gasteiger partial charge in [0.1, 0.15) is 0 Å². The maximum Gasteiger partial charge on any atom is 0.0619 e. The zero-order valence-corrected chi connectivity index (χ0v) is 30.5. The average molecular weight is 741 g/mol. The molecular formula is C51H34BrN. The quantitative estimate of drug-likeness (QED) is 0.150. The predicted octanol–water partition coefficient (Wildman–Crippen LogP) is 14.4. The number of nitrogens with zero attached hydrogens (tertiary/aromatic N) is 1. The van der Waals surface area contributed by atoms with Crippen molar-refractivity contribution >= 4 is 59.3 Å². The van der Waals surface area contributed by atoms with Gasteiger partial charge in [-0.25, -0.2) is 0 Å². The van der Waals surface area contributed by atoms with E-state index < -0.39 is 0 Å². The van der Waals surface area contributed by atoms with E-state index >= 15 is 0 Å². The molecule has 53 heavy (non-hydrogen) atoms. The summed E-state index contributed by atoms with van der Waals surface area (Å²) in [5.41, 5.74) is 12.2. The average Bonchev–Trinajstić information content (AvgIpc) is 3.56. The predicted molar refractivity (Wildman–Crippen MR) is 228 cm³/mol. The Morgan fingerprint density at radius 2 is 0.981 bits per heavy atom. The van der Waals surface area contributed by atoms with E-state index in [0.29, 0.717) is 0 Å². The van der Waals surface area contributed by atoms with Crippen LogP contribution in [0, 0.1) is 0 Å². The molecule has 10 rings (SSSR count). The summed E-state index contributed by atoms with van der Waals surface area (Å²) >= 11 is 3.88. The van der Waals surface area contributed by atoms with Crippen molar-refractivity contribution in [3.63, 3.8) is 0 Å². The largest absolute Gasteiger partial charge is 0.309 e. The summed E-state index contributed by atoms with van der Waals surface area (Å²) in [4.78, 5) is 0. The molecule has 0 bridgehead atoms. The van der Waals surface area contributed by atoms with Crippen LogP contribution in [0.4, 0.5) is 0 Å². The number of rotatable bonds is 6. The zero-order chi connectivity index (χ0) is 35.3. The Balaban J connectivity index is 1.07. The maximum absolute atomic E-state index is 3.88. The van der Waals surface area contributed by atoms with Gasteiger partial charge in [-0.05, 0) is 97.6 Å². The van der Waals surface area contributed by atoms with E-state index in [1.807, 2.05) is 0 Å². The molecule has 1 heterocycles. The fourth-order valence-corrected chi connectivity index (χ4v) is 8.79. The highest BCUT2D eigenvalue weighted by Gasteiger charge is 2.20. The van der Waals surface area contributed by atoms with Crippen molar-refractivity contribution < 1.29 is 0 Å². The lowest BCUT2D eigenvalue weighted by molar-refractivity contribution is 0.989. The van der Waals surface area contributed by atoms with E-state index in [2.05, 4.69) is 221 Å². The van der Waals surface area contributed by atoms with Crippen LogP contribution in [0.3, 0.4) is 0 Å². The van der Waals surface area contributed by atoms with Crippen molar-refractivity contribution in [2.24, 2.45) is 0 Å². The van der Waals surface area contributed by atoms with Gasteiger partial charge in [0.2, 0.25) is 0 Å². The highest BCUT2D eigenvalue weighted by Crippen LogP contribution is 2.41. The number of fused-ring (bicyclic) bond motifs is 6. The molecule has 0 aliphatic carbocycles. The lowest BCUT2D eigenvalue weighted by Gasteiger charge is -2.21. The summed E-state index contributed by atoms with van der Waals surface area (Å²) < 4.78 is 3.48. The molecule has 2 heteroatoms. The Morgan fingerprint density at radius 1 is 0.377 bits per heavy atom. The Bertz CT molecular complexity index is 2940. The van der Waals surface area contributed by atoms with Crippen LogP contribution in [0.15, 0.2) is 205 Å². The molecule has 0 aliphatic heterocycles. The minimum Gasteiger partial charge on any atom is -0.309 e. The Kier molecular flexibility index (Phi) is 7.78. The number of halogens is 1. The smallest absolute Gasteiger partial charge is 0.0619 e. The third kappa shape index (κ3) is 5.55. The van der Waals surface area contributed by atoms with Crippen molar-refractivity contribution in [3.8, 4) is 27.9 Å².